The number of nitriles is 1. The molecule has 0 saturated carbocycles. The molecule has 0 fully saturated rings. The van der Waals surface area contributed by atoms with E-state index in [1.165, 1.54) is 11.1 Å². The zero-order chi connectivity index (χ0) is 14.5. The Kier molecular flexibility index (Phi) is 4.70. The van der Waals surface area contributed by atoms with Crippen LogP contribution in [0.5, 0.6) is 0 Å². The van der Waals surface area contributed by atoms with Crippen molar-refractivity contribution in [1.29, 1.82) is 5.26 Å². The Morgan fingerprint density at radius 2 is 1.90 bits per heavy atom. The first-order valence-corrected chi connectivity index (χ1v) is 7.72. The molecule has 20 heavy (non-hydrogen) atoms. The number of thioether (sulfide) groups is 1. The monoisotopic (exact) mass is 282 g/mol. The van der Waals surface area contributed by atoms with E-state index in [0.717, 1.165) is 22.7 Å². The van der Waals surface area contributed by atoms with Crippen molar-refractivity contribution in [2.45, 2.75) is 18.4 Å². The van der Waals surface area contributed by atoms with E-state index in [1.54, 1.807) is 11.8 Å². The van der Waals surface area contributed by atoms with Crippen LogP contribution in [0.1, 0.15) is 16.7 Å². The van der Waals surface area contributed by atoms with Crippen LogP contribution in [0.25, 0.3) is 0 Å². The van der Waals surface area contributed by atoms with Gasteiger partial charge >= 0.3 is 0 Å². The number of hydrogen-bond donors (Lipinski definition) is 0. The molecule has 102 valence electrons. The van der Waals surface area contributed by atoms with E-state index >= 15 is 0 Å². The first-order chi connectivity index (χ1) is 9.67. The molecule has 0 spiro atoms. The first-order valence-electron chi connectivity index (χ1n) is 6.50. The molecule has 2 rings (SSSR count). The normalized spacial score (nSPS) is 10.1. The molecule has 0 unspecified atom stereocenters. The van der Waals surface area contributed by atoms with E-state index in [1.807, 2.05) is 37.6 Å². The lowest BCUT2D eigenvalue weighted by Gasteiger charge is -2.22. The van der Waals surface area contributed by atoms with Gasteiger partial charge in [0.25, 0.3) is 0 Å². The van der Waals surface area contributed by atoms with Gasteiger partial charge in [-0.2, -0.15) is 5.26 Å². The quantitative estimate of drug-likeness (QED) is 0.785. The van der Waals surface area contributed by atoms with Gasteiger partial charge in [0.2, 0.25) is 0 Å². The molecular weight excluding hydrogens is 264 g/mol. The van der Waals surface area contributed by atoms with Crippen molar-refractivity contribution in [1.82, 2.24) is 0 Å². The third-order valence-electron chi connectivity index (χ3n) is 3.42. The van der Waals surface area contributed by atoms with Crippen LogP contribution in [-0.2, 0) is 6.54 Å². The minimum absolute atomic E-state index is 0.760. The van der Waals surface area contributed by atoms with Gasteiger partial charge in [-0.15, -0.1) is 11.8 Å². The van der Waals surface area contributed by atoms with Crippen LogP contribution in [0.15, 0.2) is 47.4 Å². The summed E-state index contributed by atoms with van der Waals surface area (Å²) >= 11 is 1.61. The molecule has 0 aromatic heterocycles. The lowest BCUT2D eigenvalue weighted by Crippen LogP contribution is -2.18. The third-order valence-corrected chi connectivity index (χ3v) is 4.20. The summed E-state index contributed by atoms with van der Waals surface area (Å²) in [7, 11) is 2.03. The Morgan fingerprint density at radius 3 is 2.55 bits per heavy atom. The Bertz CT molecular complexity index is 644. The lowest BCUT2D eigenvalue weighted by molar-refractivity contribution is 0.909. The van der Waals surface area contributed by atoms with Crippen LogP contribution in [0, 0.1) is 18.3 Å². The van der Waals surface area contributed by atoms with E-state index in [0.29, 0.717) is 0 Å². The first kappa shape index (κ1) is 14.5. The number of nitrogens with zero attached hydrogens (tertiary/aromatic N) is 2. The maximum absolute atomic E-state index is 9.41. The summed E-state index contributed by atoms with van der Waals surface area (Å²) < 4.78 is 0. The van der Waals surface area contributed by atoms with Crippen molar-refractivity contribution >= 4 is 17.4 Å². The van der Waals surface area contributed by atoms with Crippen LogP contribution in [0.3, 0.4) is 0 Å². The van der Waals surface area contributed by atoms with Gasteiger partial charge in [-0.25, -0.2) is 0 Å². The predicted molar refractivity (Wildman–Crippen MR) is 86.2 cm³/mol. The Balaban J connectivity index is 2.33. The summed E-state index contributed by atoms with van der Waals surface area (Å²) in [5, 5.41) is 9.41. The Labute approximate surface area is 125 Å². The maximum atomic E-state index is 9.41. The van der Waals surface area contributed by atoms with Gasteiger partial charge in [0.15, 0.2) is 0 Å². The maximum Gasteiger partial charge on any atom is 0.103 e. The van der Waals surface area contributed by atoms with E-state index in [-0.39, 0.29) is 0 Å². The highest BCUT2D eigenvalue weighted by Gasteiger charge is 2.12. The van der Waals surface area contributed by atoms with Crippen LogP contribution >= 0.6 is 11.8 Å². The lowest BCUT2D eigenvalue weighted by atomic mass is 10.1. The van der Waals surface area contributed by atoms with Gasteiger partial charge in [-0.3, -0.25) is 0 Å². The fourth-order valence-electron chi connectivity index (χ4n) is 2.25. The highest BCUT2D eigenvalue weighted by molar-refractivity contribution is 7.98. The molecule has 0 saturated heterocycles. The second-order valence-electron chi connectivity index (χ2n) is 4.75. The van der Waals surface area contributed by atoms with Gasteiger partial charge < -0.3 is 4.90 Å². The number of rotatable bonds is 4. The van der Waals surface area contributed by atoms with Gasteiger partial charge in [0.1, 0.15) is 6.07 Å². The van der Waals surface area contributed by atoms with Crippen molar-refractivity contribution in [3.63, 3.8) is 0 Å². The number of anilines is 1. The number of hydrogen-bond acceptors (Lipinski definition) is 3. The molecule has 3 heteroatoms. The summed E-state index contributed by atoms with van der Waals surface area (Å²) in [6.07, 6.45) is 2.00. The SMILES string of the molecule is CSc1cccc(N(C)Cc2ccccc2C)c1C#N. The molecule has 2 aromatic carbocycles. The van der Waals surface area contributed by atoms with Gasteiger partial charge in [-0.1, -0.05) is 30.3 Å². The van der Waals surface area contributed by atoms with Gasteiger partial charge in [-0.05, 0) is 36.4 Å². The van der Waals surface area contributed by atoms with Crippen molar-refractivity contribution in [3.05, 3.63) is 59.2 Å². The van der Waals surface area contributed by atoms with Crippen molar-refractivity contribution in [2.75, 3.05) is 18.2 Å². The minimum Gasteiger partial charge on any atom is -0.369 e. The second-order valence-corrected chi connectivity index (χ2v) is 5.60. The van der Waals surface area contributed by atoms with Crippen LogP contribution < -0.4 is 4.90 Å². The fraction of sp³-hybridized carbons (Fsp3) is 0.235. The second kappa shape index (κ2) is 6.49. The average molecular weight is 282 g/mol. The molecular formula is C17H18N2S. The summed E-state index contributed by atoms with van der Waals surface area (Å²) in [5.74, 6) is 0. The zero-order valence-electron chi connectivity index (χ0n) is 12.1. The molecule has 0 amide bonds. The topological polar surface area (TPSA) is 27.0 Å². The fourth-order valence-corrected chi connectivity index (χ4v) is 2.82. The van der Waals surface area contributed by atoms with Crippen molar-refractivity contribution < 1.29 is 0 Å². The molecule has 0 heterocycles. The molecule has 0 atom stereocenters. The van der Waals surface area contributed by atoms with Gasteiger partial charge in [0.05, 0.1) is 11.3 Å². The molecule has 0 aliphatic rings. The average Bonchev–Trinajstić information content (AvgIpc) is 2.48. The summed E-state index contributed by atoms with van der Waals surface area (Å²) in [6, 6.07) is 16.7. The Hall–Kier alpha value is -1.92. The number of aryl methyl sites for hydroxylation is 1. The minimum atomic E-state index is 0.760. The molecule has 0 N–H and O–H groups in total. The van der Waals surface area contributed by atoms with Crippen LogP contribution in [0.4, 0.5) is 5.69 Å². The highest BCUT2D eigenvalue weighted by Crippen LogP contribution is 2.29. The van der Waals surface area contributed by atoms with E-state index < -0.39 is 0 Å². The summed E-state index contributed by atoms with van der Waals surface area (Å²) in [4.78, 5) is 3.17. The van der Waals surface area contributed by atoms with E-state index in [9.17, 15) is 5.26 Å². The molecule has 2 aromatic rings. The summed E-state index contributed by atoms with van der Waals surface area (Å²) in [5.41, 5.74) is 4.31. The smallest absolute Gasteiger partial charge is 0.103 e. The Morgan fingerprint density at radius 1 is 1.15 bits per heavy atom. The van der Waals surface area contributed by atoms with Crippen LogP contribution in [0.2, 0.25) is 0 Å². The number of benzene rings is 2. The molecule has 0 bridgehead atoms. The zero-order valence-corrected chi connectivity index (χ0v) is 12.9. The predicted octanol–water partition coefficient (Wildman–Crippen LogP) is 4.23. The molecule has 0 aliphatic heterocycles. The molecule has 2 nitrogen and oxygen atoms in total. The largest absolute Gasteiger partial charge is 0.369 e. The van der Waals surface area contributed by atoms with Crippen LogP contribution in [-0.4, -0.2) is 13.3 Å². The molecule has 0 aliphatic carbocycles. The van der Waals surface area contributed by atoms with E-state index in [4.69, 9.17) is 0 Å². The van der Waals surface area contributed by atoms with Crippen molar-refractivity contribution in [2.24, 2.45) is 0 Å². The third kappa shape index (κ3) is 2.97. The summed E-state index contributed by atoms with van der Waals surface area (Å²) in [6.45, 7) is 2.92. The van der Waals surface area contributed by atoms with E-state index in [2.05, 4.69) is 36.1 Å². The van der Waals surface area contributed by atoms with Gasteiger partial charge in [0, 0.05) is 18.5 Å². The highest BCUT2D eigenvalue weighted by atomic mass is 32.2. The van der Waals surface area contributed by atoms with Crippen molar-refractivity contribution in [3.8, 4) is 6.07 Å². The standard InChI is InChI=1S/C17H18N2S/c1-13-7-4-5-8-14(13)12-19(2)16-9-6-10-17(20-3)15(16)11-18/h4-10H,12H2,1-3H3. The molecule has 0 radical (unpaired) electrons.